The number of amides is 2. The molecular weight excluding hydrogens is 332 g/mol. The number of nitriles is 1. The Bertz CT molecular complexity index is 850. The largest absolute Gasteiger partial charge is 0.497 e. The predicted molar refractivity (Wildman–Crippen MR) is 99.7 cm³/mol. The van der Waals surface area contributed by atoms with E-state index in [0.717, 1.165) is 0 Å². The van der Waals surface area contributed by atoms with E-state index in [1.807, 2.05) is 6.07 Å². The first kappa shape index (κ1) is 18.5. The fourth-order valence-electron chi connectivity index (χ4n) is 2.03. The molecule has 2 aromatic carbocycles. The average Bonchev–Trinajstić information content (AvgIpc) is 2.63. The molecule has 0 spiro atoms. The summed E-state index contributed by atoms with van der Waals surface area (Å²) in [7, 11) is 1.55. The molecule has 132 valence electrons. The topological polar surface area (TPSA) is 103 Å². The van der Waals surface area contributed by atoms with Crippen LogP contribution in [0.15, 0.2) is 60.3 Å². The van der Waals surface area contributed by atoms with Crippen molar-refractivity contribution in [3.8, 4) is 11.8 Å². The van der Waals surface area contributed by atoms with Crippen molar-refractivity contribution in [2.45, 2.75) is 6.92 Å². The molecular formula is C19H18N4O3. The van der Waals surface area contributed by atoms with Gasteiger partial charge < -0.3 is 20.7 Å². The van der Waals surface area contributed by atoms with Crippen LogP contribution < -0.4 is 20.7 Å². The molecule has 0 radical (unpaired) electrons. The molecule has 0 aliphatic carbocycles. The molecule has 3 N–H and O–H groups in total. The van der Waals surface area contributed by atoms with E-state index in [2.05, 4.69) is 16.0 Å². The van der Waals surface area contributed by atoms with E-state index < -0.39 is 5.91 Å². The number of methoxy groups -OCH3 is 1. The summed E-state index contributed by atoms with van der Waals surface area (Å²) in [5.41, 5.74) is 1.80. The first-order valence-corrected chi connectivity index (χ1v) is 7.71. The number of anilines is 3. The van der Waals surface area contributed by atoms with Crippen molar-refractivity contribution in [2.24, 2.45) is 0 Å². The van der Waals surface area contributed by atoms with Gasteiger partial charge in [0.2, 0.25) is 5.91 Å². The summed E-state index contributed by atoms with van der Waals surface area (Å²) in [6, 6.07) is 15.5. The zero-order chi connectivity index (χ0) is 18.9. The molecule has 2 aromatic rings. The average molecular weight is 350 g/mol. The molecule has 0 aliphatic rings. The molecule has 26 heavy (non-hydrogen) atoms. The van der Waals surface area contributed by atoms with Crippen molar-refractivity contribution in [1.29, 1.82) is 5.26 Å². The van der Waals surface area contributed by atoms with Gasteiger partial charge in [-0.25, -0.2) is 0 Å². The van der Waals surface area contributed by atoms with Crippen molar-refractivity contribution < 1.29 is 14.3 Å². The van der Waals surface area contributed by atoms with E-state index in [9.17, 15) is 14.9 Å². The van der Waals surface area contributed by atoms with Crippen LogP contribution in [0.4, 0.5) is 17.1 Å². The molecule has 7 nitrogen and oxygen atoms in total. The Labute approximate surface area is 151 Å². The molecule has 0 aliphatic heterocycles. The van der Waals surface area contributed by atoms with Gasteiger partial charge in [-0.15, -0.1) is 0 Å². The highest BCUT2D eigenvalue weighted by Gasteiger charge is 2.09. The van der Waals surface area contributed by atoms with Gasteiger partial charge in [-0.05, 0) is 48.5 Å². The van der Waals surface area contributed by atoms with Crippen molar-refractivity contribution in [3.05, 3.63) is 60.3 Å². The molecule has 0 unspecified atom stereocenters. The predicted octanol–water partition coefficient (Wildman–Crippen LogP) is 3.11. The zero-order valence-electron chi connectivity index (χ0n) is 14.4. The monoisotopic (exact) mass is 350 g/mol. The number of rotatable bonds is 6. The smallest absolute Gasteiger partial charge is 0.267 e. The minimum absolute atomic E-state index is 0.0771. The minimum Gasteiger partial charge on any atom is -0.497 e. The highest BCUT2D eigenvalue weighted by Crippen LogP contribution is 2.16. The van der Waals surface area contributed by atoms with E-state index in [1.54, 1.807) is 55.6 Å². The van der Waals surface area contributed by atoms with E-state index in [-0.39, 0.29) is 11.5 Å². The summed E-state index contributed by atoms with van der Waals surface area (Å²) in [4.78, 5) is 23.2. The zero-order valence-corrected chi connectivity index (χ0v) is 14.4. The molecule has 0 heterocycles. The first-order chi connectivity index (χ1) is 12.5. The van der Waals surface area contributed by atoms with Gasteiger partial charge in [-0.3, -0.25) is 9.59 Å². The molecule has 0 saturated heterocycles. The number of hydrogen-bond acceptors (Lipinski definition) is 5. The Hall–Kier alpha value is -3.79. The van der Waals surface area contributed by atoms with Gasteiger partial charge in [0.05, 0.1) is 7.11 Å². The van der Waals surface area contributed by atoms with Crippen LogP contribution in [0.25, 0.3) is 0 Å². The van der Waals surface area contributed by atoms with Crippen LogP contribution in [-0.2, 0) is 9.59 Å². The van der Waals surface area contributed by atoms with E-state index in [0.29, 0.717) is 22.8 Å². The van der Waals surface area contributed by atoms with Crippen LogP contribution in [0, 0.1) is 11.3 Å². The number of ether oxygens (including phenoxy) is 1. The summed E-state index contributed by atoms with van der Waals surface area (Å²) in [5.74, 6) is -0.0176. The van der Waals surface area contributed by atoms with Crippen molar-refractivity contribution >= 4 is 28.9 Å². The second-order valence-corrected chi connectivity index (χ2v) is 5.26. The van der Waals surface area contributed by atoms with Crippen LogP contribution in [0.3, 0.4) is 0 Å². The number of carbonyl (C=O) groups is 2. The maximum Gasteiger partial charge on any atom is 0.267 e. The third kappa shape index (κ3) is 5.39. The molecule has 0 aromatic heterocycles. The Morgan fingerprint density at radius 2 is 1.50 bits per heavy atom. The highest BCUT2D eigenvalue weighted by molar-refractivity contribution is 6.06. The number of hydrogen-bond donors (Lipinski definition) is 3. The second kappa shape index (κ2) is 8.89. The summed E-state index contributed by atoms with van der Waals surface area (Å²) < 4.78 is 5.05. The summed E-state index contributed by atoms with van der Waals surface area (Å²) in [5, 5.41) is 17.4. The van der Waals surface area contributed by atoms with E-state index in [1.165, 1.54) is 13.1 Å². The number of nitrogens with zero attached hydrogens (tertiary/aromatic N) is 1. The summed E-state index contributed by atoms with van der Waals surface area (Å²) in [6.45, 7) is 1.43. The molecule has 2 amide bonds. The molecule has 7 heteroatoms. The lowest BCUT2D eigenvalue weighted by atomic mass is 10.2. The second-order valence-electron chi connectivity index (χ2n) is 5.26. The Morgan fingerprint density at radius 3 is 2.04 bits per heavy atom. The minimum atomic E-state index is -0.528. The lowest BCUT2D eigenvalue weighted by Gasteiger charge is -2.07. The van der Waals surface area contributed by atoms with Crippen LogP contribution in [-0.4, -0.2) is 18.9 Å². The van der Waals surface area contributed by atoms with Crippen LogP contribution in [0.5, 0.6) is 5.75 Å². The maximum atomic E-state index is 12.2. The van der Waals surface area contributed by atoms with Gasteiger partial charge in [0.1, 0.15) is 17.4 Å². The van der Waals surface area contributed by atoms with Crippen molar-refractivity contribution in [1.82, 2.24) is 0 Å². The van der Waals surface area contributed by atoms with Gasteiger partial charge in [-0.2, -0.15) is 5.26 Å². The SMILES string of the molecule is COc1ccc(NC(=O)/C(C#N)=C\Nc2ccc(NC(C)=O)cc2)cc1. The van der Waals surface area contributed by atoms with Crippen LogP contribution in [0.1, 0.15) is 6.92 Å². The Kier molecular flexibility index (Phi) is 6.34. The molecule has 0 fully saturated rings. The number of nitrogens with one attached hydrogen (secondary N) is 3. The molecule has 2 rings (SSSR count). The Morgan fingerprint density at radius 1 is 0.962 bits per heavy atom. The van der Waals surface area contributed by atoms with Gasteiger partial charge in [0.25, 0.3) is 5.91 Å². The van der Waals surface area contributed by atoms with Gasteiger partial charge in [0, 0.05) is 30.2 Å². The third-order valence-corrected chi connectivity index (χ3v) is 3.30. The standard InChI is InChI=1S/C19H18N4O3/c1-13(24)22-16-5-3-15(4-6-16)21-12-14(11-20)19(25)23-17-7-9-18(26-2)10-8-17/h3-10,12,21H,1-2H3,(H,22,24)(H,23,25)/b14-12-. The number of benzene rings is 2. The lowest BCUT2D eigenvalue weighted by Crippen LogP contribution is -2.14. The summed E-state index contributed by atoms with van der Waals surface area (Å²) >= 11 is 0. The lowest BCUT2D eigenvalue weighted by molar-refractivity contribution is -0.114. The van der Waals surface area contributed by atoms with Crippen LogP contribution >= 0.6 is 0 Å². The number of carbonyl (C=O) groups excluding carboxylic acids is 2. The fraction of sp³-hybridized carbons (Fsp3) is 0.105. The van der Waals surface area contributed by atoms with E-state index in [4.69, 9.17) is 4.74 Å². The summed E-state index contributed by atoms with van der Waals surface area (Å²) in [6.07, 6.45) is 1.33. The van der Waals surface area contributed by atoms with Crippen molar-refractivity contribution in [2.75, 3.05) is 23.1 Å². The quantitative estimate of drug-likeness (QED) is 0.549. The van der Waals surface area contributed by atoms with Crippen molar-refractivity contribution in [3.63, 3.8) is 0 Å². The first-order valence-electron chi connectivity index (χ1n) is 7.71. The third-order valence-electron chi connectivity index (χ3n) is 3.30. The maximum absolute atomic E-state index is 12.2. The fourth-order valence-corrected chi connectivity index (χ4v) is 2.03. The molecule has 0 atom stereocenters. The van der Waals surface area contributed by atoms with Gasteiger partial charge >= 0.3 is 0 Å². The molecule has 0 saturated carbocycles. The highest BCUT2D eigenvalue weighted by atomic mass is 16.5. The van der Waals surface area contributed by atoms with Crippen LogP contribution in [0.2, 0.25) is 0 Å². The van der Waals surface area contributed by atoms with Gasteiger partial charge in [-0.1, -0.05) is 0 Å². The molecule has 0 bridgehead atoms. The van der Waals surface area contributed by atoms with Gasteiger partial charge in [0.15, 0.2) is 0 Å². The van der Waals surface area contributed by atoms with E-state index >= 15 is 0 Å². The normalized spacial score (nSPS) is 10.4. The Balaban J connectivity index is 2.00.